The van der Waals surface area contributed by atoms with E-state index in [1.165, 1.54) is 0 Å². The Bertz CT molecular complexity index is 327. The zero-order valence-corrected chi connectivity index (χ0v) is 9.81. The fraction of sp³-hybridized carbons (Fsp3) is 0.364. The van der Waals surface area contributed by atoms with Crippen molar-refractivity contribution in [3.8, 4) is 0 Å². The van der Waals surface area contributed by atoms with Crippen LogP contribution in [0.15, 0.2) is 30.3 Å². The Balaban J connectivity index is 2.77. The molecule has 0 aliphatic heterocycles. The van der Waals surface area contributed by atoms with Crippen molar-refractivity contribution in [2.45, 2.75) is 0 Å². The number of aliphatic hydroxyl groups is 3. The van der Waals surface area contributed by atoms with Crippen LogP contribution in [0.25, 0.3) is 0 Å². The van der Waals surface area contributed by atoms with Crippen molar-refractivity contribution in [1.29, 1.82) is 0 Å². The van der Waals surface area contributed by atoms with Crippen molar-refractivity contribution < 1.29 is 20.1 Å². The van der Waals surface area contributed by atoms with E-state index >= 15 is 0 Å². The second kappa shape index (κ2) is 6.06. The standard InChI is InChI=1S/C11H16O4P/c12-7-16(8-13,9-14)6-11(15)10-4-2-1-3-5-10/h1-5,12-14H,6-9H2/q+1. The molecular formula is C11H16O4P+. The molecular weight excluding hydrogens is 227 g/mol. The molecule has 0 aliphatic carbocycles. The van der Waals surface area contributed by atoms with E-state index in [1.54, 1.807) is 24.3 Å². The van der Waals surface area contributed by atoms with E-state index < -0.39 is 7.26 Å². The molecule has 0 heterocycles. The fourth-order valence-corrected chi connectivity index (χ4v) is 2.66. The molecule has 0 saturated heterocycles. The molecule has 0 unspecified atom stereocenters. The highest BCUT2D eigenvalue weighted by Crippen LogP contribution is 2.56. The van der Waals surface area contributed by atoms with Gasteiger partial charge in [0.25, 0.3) is 0 Å². The molecule has 0 saturated carbocycles. The average molecular weight is 243 g/mol. The number of aliphatic hydroxyl groups excluding tert-OH is 3. The van der Waals surface area contributed by atoms with E-state index in [4.69, 9.17) is 15.3 Å². The van der Waals surface area contributed by atoms with Gasteiger partial charge in [0.1, 0.15) is 13.4 Å². The van der Waals surface area contributed by atoms with Crippen molar-refractivity contribution in [2.24, 2.45) is 0 Å². The van der Waals surface area contributed by atoms with Crippen LogP contribution in [-0.2, 0) is 0 Å². The Morgan fingerprint density at radius 2 is 1.50 bits per heavy atom. The van der Waals surface area contributed by atoms with Gasteiger partial charge >= 0.3 is 0 Å². The molecule has 5 heteroatoms. The maximum Gasteiger partial charge on any atom is 0.200 e. The lowest BCUT2D eigenvalue weighted by Crippen LogP contribution is -2.18. The quantitative estimate of drug-likeness (QED) is 0.508. The maximum atomic E-state index is 11.8. The van der Waals surface area contributed by atoms with Crippen LogP contribution >= 0.6 is 7.26 Å². The molecule has 0 bridgehead atoms. The van der Waals surface area contributed by atoms with Gasteiger partial charge in [-0.05, 0) is 0 Å². The van der Waals surface area contributed by atoms with E-state index in [-0.39, 0.29) is 31.0 Å². The third kappa shape index (κ3) is 3.09. The minimum atomic E-state index is -2.34. The normalized spacial score (nSPS) is 11.4. The summed E-state index contributed by atoms with van der Waals surface area (Å²) in [6.07, 6.45) is -0.879. The van der Waals surface area contributed by atoms with Gasteiger partial charge in [0.15, 0.2) is 24.8 Å². The second-order valence-electron chi connectivity index (χ2n) is 3.71. The summed E-state index contributed by atoms with van der Waals surface area (Å²) >= 11 is 0. The van der Waals surface area contributed by atoms with Crippen LogP contribution in [0.4, 0.5) is 0 Å². The smallest absolute Gasteiger partial charge is 0.200 e. The number of benzene rings is 1. The van der Waals surface area contributed by atoms with Gasteiger partial charge in [0, 0.05) is 5.56 Å². The van der Waals surface area contributed by atoms with Crippen LogP contribution in [-0.4, -0.2) is 46.3 Å². The van der Waals surface area contributed by atoms with Crippen molar-refractivity contribution in [2.75, 3.05) is 25.2 Å². The minimum Gasteiger partial charge on any atom is -0.362 e. The first-order valence-electron chi connectivity index (χ1n) is 4.93. The molecule has 0 radical (unpaired) electrons. The van der Waals surface area contributed by atoms with Gasteiger partial charge in [-0.1, -0.05) is 30.3 Å². The van der Waals surface area contributed by atoms with Crippen molar-refractivity contribution >= 4 is 13.0 Å². The van der Waals surface area contributed by atoms with Gasteiger partial charge in [-0.15, -0.1) is 0 Å². The highest BCUT2D eigenvalue weighted by molar-refractivity contribution is 7.76. The van der Waals surface area contributed by atoms with Crippen LogP contribution in [0.3, 0.4) is 0 Å². The molecule has 88 valence electrons. The second-order valence-corrected chi connectivity index (χ2v) is 7.56. The molecule has 3 N–H and O–H groups in total. The highest BCUT2D eigenvalue weighted by atomic mass is 31.2. The average Bonchev–Trinajstić information content (AvgIpc) is 2.37. The van der Waals surface area contributed by atoms with Gasteiger partial charge in [-0.3, -0.25) is 4.79 Å². The minimum absolute atomic E-state index is 0.0422. The summed E-state index contributed by atoms with van der Waals surface area (Å²) in [5, 5.41) is 27.4. The molecule has 0 aromatic heterocycles. The number of carbonyl (C=O) groups excluding carboxylic acids is 1. The highest BCUT2D eigenvalue weighted by Gasteiger charge is 2.38. The van der Waals surface area contributed by atoms with Gasteiger partial charge < -0.3 is 15.3 Å². The van der Waals surface area contributed by atoms with Crippen LogP contribution < -0.4 is 0 Å². The Hall–Kier alpha value is -0.800. The maximum absolute atomic E-state index is 11.8. The van der Waals surface area contributed by atoms with Crippen LogP contribution in [0.5, 0.6) is 0 Å². The van der Waals surface area contributed by atoms with E-state index in [9.17, 15) is 4.79 Å². The molecule has 1 aromatic carbocycles. The summed E-state index contributed by atoms with van der Waals surface area (Å²) in [5.41, 5.74) is 0.544. The summed E-state index contributed by atoms with van der Waals surface area (Å²) in [6, 6.07) is 8.68. The molecule has 0 atom stereocenters. The fourth-order valence-electron chi connectivity index (χ4n) is 1.30. The molecule has 0 fully saturated rings. The predicted octanol–water partition coefficient (Wildman–Crippen LogP) is 0.736. The molecule has 0 aliphatic rings. The molecule has 0 spiro atoms. The molecule has 16 heavy (non-hydrogen) atoms. The van der Waals surface area contributed by atoms with Crippen molar-refractivity contribution in [3.05, 3.63) is 35.9 Å². The molecule has 4 nitrogen and oxygen atoms in total. The molecule has 1 aromatic rings. The lowest BCUT2D eigenvalue weighted by atomic mass is 10.2. The number of ketones is 1. The SMILES string of the molecule is O=C(C[P+](CO)(CO)CO)c1ccccc1. The zero-order chi connectivity index (χ0) is 12.0. The largest absolute Gasteiger partial charge is 0.362 e. The summed E-state index contributed by atoms with van der Waals surface area (Å²) in [6.45, 7) is 0. The van der Waals surface area contributed by atoms with E-state index in [1.807, 2.05) is 6.07 Å². The van der Waals surface area contributed by atoms with Gasteiger partial charge in [0.2, 0.25) is 0 Å². The number of Topliss-reactive ketones (excluding diaryl/α,β-unsaturated/α-hetero) is 1. The van der Waals surface area contributed by atoms with E-state index in [0.29, 0.717) is 5.56 Å². The number of hydrogen-bond donors (Lipinski definition) is 3. The first-order chi connectivity index (χ1) is 7.67. The summed E-state index contributed by atoms with van der Waals surface area (Å²) in [7, 11) is -2.34. The Morgan fingerprint density at radius 3 is 1.94 bits per heavy atom. The predicted molar refractivity (Wildman–Crippen MR) is 63.8 cm³/mol. The Kier molecular flexibility index (Phi) is 5.03. The van der Waals surface area contributed by atoms with Crippen LogP contribution in [0, 0.1) is 0 Å². The van der Waals surface area contributed by atoms with E-state index in [0.717, 1.165) is 0 Å². The third-order valence-corrected chi connectivity index (χ3v) is 5.23. The molecule has 0 amide bonds. The van der Waals surface area contributed by atoms with Crippen molar-refractivity contribution in [1.82, 2.24) is 0 Å². The lowest BCUT2D eigenvalue weighted by Gasteiger charge is -2.19. The number of carbonyl (C=O) groups is 1. The Labute approximate surface area is 94.9 Å². The van der Waals surface area contributed by atoms with Gasteiger partial charge in [0.05, 0.1) is 0 Å². The monoisotopic (exact) mass is 243 g/mol. The summed E-state index contributed by atoms with van der Waals surface area (Å²) < 4.78 is 0. The first-order valence-corrected chi connectivity index (χ1v) is 7.46. The number of rotatable bonds is 6. The Morgan fingerprint density at radius 1 is 1.00 bits per heavy atom. The van der Waals surface area contributed by atoms with Crippen molar-refractivity contribution in [3.63, 3.8) is 0 Å². The van der Waals surface area contributed by atoms with Gasteiger partial charge in [-0.25, -0.2) is 0 Å². The van der Waals surface area contributed by atoms with Crippen LogP contribution in [0.2, 0.25) is 0 Å². The molecule has 1 rings (SSSR count). The first kappa shape index (κ1) is 13.3. The number of hydrogen-bond acceptors (Lipinski definition) is 4. The summed E-state index contributed by atoms with van der Waals surface area (Å²) in [5.74, 6) is -0.147. The van der Waals surface area contributed by atoms with Gasteiger partial charge in [-0.2, -0.15) is 0 Å². The zero-order valence-electron chi connectivity index (χ0n) is 8.91. The van der Waals surface area contributed by atoms with E-state index in [2.05, 4.69) is 0 Å². The summed E-state index contributed by atoms with van der Waals surface area (Å²) in [4.78, 5) is 11.8. The van der Waals surface area contributed by atoms with Crippen LogP contribution in [0.1, 0.15) is 10.4 Å². The topological polar surface area (TPSA) is 77.8 Å². The lowest BCUT2D eigenvalue weighted by molar-refractivity contribution is 0.101. The third-order valence-electron chi connectivity index (χ3n) is 2.47.